The largest absolute Gasteiger partial charge is 0.493 e. The zero-order valence-corrected chi connectivity index (χ0v) is 14.1. The molecule has 2 heterocycles. The molecule has 0 saturated carbocycles. The minimum Gasteiger partial charge on any atom is -0.493 e. The molecule has 2 amide bonds. The maximum atomic E-state index is 12.3. The van der Waals surface area contributed by atoms with Gasteiger partial charge in [0, 0.05) is 25.2 Å². The van der Waals surface area contributed by atoms with Crippen LogP contribution in [-0.2, 0) is 0 Å². The van der Waals surface area contributed by atoms with E-state index in [4.69, 9.17) is 15.2 Å². The molecule has 0 bridgehead atoms. The Kier molecular flexibility index (Phi) is 5.35. The fourth-order valence-corrected chi connectivity index (χ4v) is 2.73. The number of para-hydroxylation sites is 2. The van der Waals surface area contributed by atoms with Gasteiger partial charge in [0.25, 0.3) is 0 Å². The van der Waals surface area contributed by atoms with Crippen LogP contribution in [0.3, 0.4) is 0 Å². The van der Waals surface area contributed by atoms with Crippen molar-refractivity contribution < 1.29 is 14.3 Å². The number of amides is 2. The second-order valence-electron chi connectivity index (χ2n) is 5.92. The average Bonchev–Trinajstić information content (AvgIpc) is 2.64. The monoisotopic (exact) mass is 342 g/mol. The molecule has 1 aromatic carbocycles. The molecule has 2 aromatic rings. The molecule has 1 aromatic heterocycles. The highest BCUT2D eigenvalue weighted by Crippen LogP contribution is 2.30. The molecule has 7 heteroatoms. The lowest BCUT2D eigenvalue weighted by atomic mass is 10.1. The minimum atomic E-state index is -0.157. The van der Waals surface area contributed by atoms with E-state index in [1.807, 2.05) is 18.2 Å². The van der Waals surface area contributed by atoms with Gasteiger partial charge in [-0.1, -0.05) is 12.1 Å². The third kappa shape index (κ3) is 4.39. The zero-order chi connectivity index (χ0) is 17.6. The highest BCUT2D eigenvalue weighted by Gasteiger charge is 2.21. The number of nitrogens with one attached hydrogen (secondary N) is 1. The number of anilines is 1. The number of pyridine rings is 1. The Morgan fingerprint density at radius 1 is 1.28 bits per heavy atom. The topological polar surface area (TPSA) is 89.7 Å². The molecule has 0 aliphatic carbocycles. The Morgan fingerprint density at radius 3 is 2.76 bits per heavy atom. The fraction of sp³-hybridized carbons (Fsp3) is 0.333. The van der Waals surface area contributed by atoms with Crippen molar-refractivity contribution in [2.24, 2.45) is 5.73 Å². The van der Waals surface area contributed by atoms with E-state index in [2.05, 4.69) is 10.3 Å². The first-order chi connectivity index (χ1) is 12.2. The summed E-state index contributed by atoms with van der Waals surface area (Å²) in [6, 6.07) is 10.7. The number of methoxy groups -OCH3 is 1. The van der Waals surface area contributed by atoms with Gasteiger partial charge in [-0.25, -0.2) is 9.78 Å². The predicted octanol–water partition coefficient (Wildman–Crippen LogP) is 2.84. The minimum absolute atomic E-state index is 0.0502. The second-order valence-corrected chi connectivity index (χ2v) is 5.92. The number of aromatic nitrogens is 1. The summed E-state index contributed by atoms with van der Waals surface area (Å²) in [6.45, 7) is 1.30. The maximum absolute atomic E-state index is 12.3. The highest BCUT2D eigenvalue weighted by atomic mass is 16.5. The Balaban J connectivity index is 1.61. The fourth-order valence-electron chi connectivity index (χ4n) is 2.73. The van der Waals surface area contributed by atoms with E-state index in [-0.39, 0.29) is 12.1 Å². The van der Waals surface area contributed by atoms with Crippen LogP contribution in [0.1, 0.15) is 12.8 Å². The first kappa shape index (κ1) is 17.0. The van der Waals surface area contributed by atoms with Gasteiger partial charge in [0.1, 0.15) is 0 Å². The first-order valence-corrected chi connectivity index (χ1v) is 8.24. The summed E-state index contributed by atoms with van der Waals surface area (Å²) in [4.78, 5) is 18.2. The molecule has 0 radical (unpaired) electrons. The molecule has 3 rings (SSSR count). The molecule has 0 unspecified atom stereocenters. The molecule has 1 aliphatic heterocycles. The quantitative estimate of drug-likeness (QED) is 0.892. The Labute approximate surface area is 146 Å². The van der Waals surface area contributed by atoms with Gasteiger partial charge >= 0.3 is 6.03 Å². The van der Waals surface area contributed by atoms with E-state index in [1.54, 1.807) is 36.4 Å². The summed E-state index contributed by atoms with van der Waals surface area (Å²) in [5, 5.41) is 2.83. The predicted molar refractivity (Wildman–Crippen MR) is 95.1 cm³/mol. The SMILES string of the molecule is COc1ccccc1Oc1ccc(NC(=O)N2CCC[C@@H](N)C2)cn1. The van der Waals surface area contributed by atoms with Crippen molar-refractivity contribution in [3.63, 3.8) is 0 Å². The van der Waals surface area contributed by atoms with Crippen molar-refractivity contribution in [1.29, 1.82) is 0 Å². The van der Waals surface area contributed by atoms with Crippen LogP contribution in [0.2, 0.25) is 0 Å². The average molecular weight is 342 g/mol. The van der Waals surface area contributed by atoms with Crippen LogP contribution < -0.4 is 20.5 Å². The number of ether oxygens (including phenoxy) is 2. The summed E-state index contributed by atoms with van der Waals surface area (Å²) < 4.78 is 11.0. The summed E-state index contributed by atoms with van der Waals surface area (Å²) in [6.07, 6.45) is 3.45. The van der Waals surface area contributed by atoms with Crippen LogP contribution in [0.25, 0.3) is 0 Å². The Bertz CT molecular complexity index is 721. The van der Waals surface area contributed by atoms with E-state index in [1.165, 1.54) is 0 Å². The number of nitrogens with zero attached hydrogens (tertiary/aromatic N) is 2. The molecule has 3 N–H and O–H groups in total. The number of rotatable bonds is 4. The molecular formula is C18H22N4O3. The van der Waals surface area contributed by atoms with Crippen LogP contribution in [0.4, 0.5) is 10.5 Å². The van der Waals surface area contributed by atoms with Crippen molar-refractivity contribution in [2.45, 2.75) is 18.9 Å². The molecule has 7 nitrogen and oxygen atoms in total. The number of urea groups is 1. The van der Waals surface area contributed by atoms with E-state index >= 15 is 0 Å². The molecule has 1 saturated heterocycles. The van der Waals surface area contributed by atoms with Crippen LogP contribution in [-0.4, -0.2) is 42.2 Å². The van der Waals surface area contributed by atoms with Crippen molar-refractivity contribution in [1.82, 2.24) is 9.88 Å². The van der Waals surface area contributed by atoms with Crippen molar-refractivity contribution in [2.75, 3.05) is 25.5 Å². The van der Waals surface area contributed by atoms with Gasteiger partial charge < -0.3 is 25.4 Å². The van der Waals surface area contributed by atoms with Crippen LogP contribution in [0.5, 0.6) is 17.4 Å². The van der Waals surface area contributed by atoms with Gasteiger partial charge in [-0.2, -0.15) is 0 Å². The molecule has 132 valence electrons. The van der Waals surface area contributed by atoms with Crippen LogP contribution in [0, 0.1) is 0 Å². The van der Waals surface area contributed by atoms with E-state index in [9.17, 15) is 4.79 Å². The van der Waals surface area contributed by atoms with Crippen molar-refractivity contribution in [3.05, 3.63) is 42.6 Å². The van der Waals surface area contributed by atoms with Gasteiger partial charge in [0.05, 0.1) is 19.0 Å². The third-order valence-electron chi connectivity index (χ3n) is 4.02. The molecular weight excluding hydrogens is 320 g/mol. The third-order valence-corrected chi connectivity index (χ3v) is 4.02. The normalized spacial score (nSPS) is 17.0. The zero-order valence-electron chi connectivity index (χ0n) is 14.1. The Morgan fingerprint density at radius 2 is 2.08 bits per heavy atom. The number of nitrogens with two attached hydrogens (primary N) is 1. The number of carbonyl (C=O) groups is 1. The highest BCUT2D eigenvalue weighted by molar-refractivity contribution is 5.89. The molecule has 25 heavy (non-hydrogen) atoms. The first-order valence-electron chi connectivity index (χ1n) is 8.24. The standard InChI is InChI=1S/C18H22N4O3/c1-24-15-6-2-3-7-16(15)25-17-9-8-14(11-20-17)21-18(23)22-10-4-5-13(19)12-22/h2-3,6-9,11,13H,4-5,10,12,19H2,1H3,(H,21,23)/t13-/m1/s1. The number of hydrogen-bond donors (Lipinski definition) is 2. The summed E-state index contributed by atoms with van der Waals surface area (Å²) in [5.41, 5.74) is 6.52. The summed E-state index contributed by atoms with van der Waals surface area (Å²) in [5.74, 6) is 1.63. The van der Waals surface area contributed by atoms with Crippen molar-refractivity contribution in [3.8, 4) is 17.4 Å². The van der Waals surface area contributed by atoms with E-state index in [0.29, 0.717) is 29.6 Å². The number of piperidine rings is 1. The van der Waals surface area contributed by atoms with Gasteiger partial charge in [-0.3, -0.25) is 0 Å². The molecule has 1 aliphatic rings. The second kappa shape index (κ2) is 7.85. The lowest BCUT2D eigenvalue weighted by molar-refractivity contribution is 0.193. The smallest absolute Gasteiger partial charge is 0.321 e. The Hall–Kier alpha value is -2.80. The van der Waals surface area contributed by atoms with Crippen molar-refractivity contribution >= 4 is 11.7 Å². The number of carbonyl (C=O) groups excluding carboxylic acids is 1. The van der Waals surface area contributed by atoms with Gasteiger partial charge in [0.15, 0.2) is 11.5 Å². The maximum Gasteiger partial charge on any atom is 0.321 e. The lowest BCUT2D eigenvalue weighted by Crippen LogP contribution is -2.47. The van der Waals surface area contributed by atoms with Gasteiger partial charge in [-0.15, -0.1) is 0 Å². The number of likely N-dealkylation sites (tertiary alicyclic amines) is 1. The summed E-state index contributed by atoms with van der Waals surface area (Å²) >= 11 is 0. The number of hydrogen-bond acceptors (Lipinski definition) is 5. The van der Waals surface area contributed by atoms with Crippen LogP contribution >= 0.6 is 0 Å². The summed E-state index contributed by atoms with van der Waals surface area (Å²) in [7, 11) is 1.58. The van der Waals surface area contributed by atoms with Gasteiger partial charge in [0.2, 0.25) is 5.88 Å². The lowest BCUT2D eigenvalue weighted by Gasteiger charge is -2.30. The van der Waals surface area contributed by atoms with Gasteiger partial charge in [-0.05, 0) is 31.0 Å². The molecule has 0 spiro atoms. The van der Waals surface area contributed by atoms with Crippen LogP contribution in [0.15, 0.2) is 42.6 Å². The van der Waals surface area contributed by atoms with E-state index < -0.39 is 0 Å². The number of benzene rings is 1. The van der Waals surface area contributed by atoms with E-state index in [0.717, 1.165) is 19.4 Å². The molecule has 1 fully saturated rings. The molecule has 1 atom stereocenters.